The molecule has 37 heavy (non-hydrogen) atoms. The second kappa shape index (κ2) is 14.1. The number of carbonyl (C=O) groups is 2. The summed E-state index contributed by atoms with van der Waals surface area (Å²) in [7, 11) is 3.21. The molecule has 3 aromatic rings. The molecule has 0 spiro atoms. The maximum absolute atomic E-state index is 13.0. The van der Waals surface area contributed by atoms with E-state index in [1.807, 2.05) is 55.5 Å². The molecule has 196 valence electrons. The van der Waals surface area contributed by atoms with E-state index in [1.165, 1.54) is 6.07 Å². The van der Waals surface area contributed by atoms with Crippen molar-refractivity contribution in [1.82, 2.24) is 0 Å². The standard InChI is InChI=1S/C29H30BrClO6/c1-4-19(16-30)15-25(32)28(33)24-13-14-26(36-17-20-5-9-22(34-2)10-6-20)29(27(24)31)37-18-21-7-11-23(35-3)12-8-21/h5-14,19H,4,15-18H2,1-3H3/t19-/m0/s1. The van der Waals surface area contributed by atoms with E-state index in [-0.39, 0.29) is 41.9 Å². The number of benzene rings is 3. The summed E-state index contributed by atoms with van der Waals surface area (Å²) in [5.41, 5.74) is 1.88. The number of ether oxygens (including phenoxy) is 4. The Balaban J connectivity index is 1.86. The molecule has 0 saturated carbocycles. The lowest BCUT2D eigenvalue weighted by atomic mass is 9.97. The average Bonchev–Trinajstić information content (AvgIpc) is 2.94. The second-order valence-electron chi connectivity index (χ2n) is 8.41. The first-order valence-electron chi connectivity index (χ1n) is 11.9. The zero-order valence-corrected chi connectivity index (χ0v) is 23.4. The van der Waals surface area contributed by atoms with Gasteiger partial charge in [0.25, 0.3) is 0 Å². The monoisotopic (exact) mass is 588 g/mol. The van der Waals surface area contributed by atoms with Crippen LogP contribution in [0.1, 0.15) is 41.3 Å². The zero-order valence-electron chi connectivity index (χ0n) is 21.1. The summed E-state index contributed by atoms with van der Waals surface area (Å²) in [6.45, 7) is 2.40. The third kappa shape index (κ3) is 7.73. The van der Waals surface area contributed by atoms with Crippen molar-refractivity contribution in [2.24, 2.45) is 5.92 Å². The number of carbonyl (C=O) groups excluding carboxylic acids is 2. The summed E-state index contributed by atoms with van der Waals surface area (Å²) in [6, 6.07) is 18.0. The van der Waals surface area contributed by atoms with Crippen molar-refractivity contribution in [3.05, 3.63) is 82.4 Å². The van der Waals surface area contributed by atoms with E-state index < -0.39 is 11.6 Å². The van der Waals surface area contributed by atoms with Crippen LogP contribution in [0.4, 0.5) is 0 Å². The van der Waals surface area contributed by atoms with E-state index in [0.717, 1.165) is 29.0 Å². The molecule has 3 aromatic carbocycles. The normalized spacial score (nSPS) is 11.5. The Hall–Kier alpha value is -3.03. The highest BCUT2D eigenvalue weighted by Gasteiger charge is 2.25. The smallest absolute Gasteiger partial charge is 0.230 e. The molecule has 0 bridgehead atoms. The predicted octanol–water partition coefficient (Wildman–Crippen LogP) is 7.08. The quantitative estimate of drug-likeness (QED) is 0.114. The largest absolute Gasteiger partial charge is 0.497 e. The number of rotatable bonds is 14. The SMILES string of the molecule is CC[C@H](CBr)CC(=O)C(=O)c1ccc(OCc2ccc(OC)cc2)c(OCc2ccc(OC)cc2)c1Cl. The molecular formula is C29H30BrClO6. The highest BCUT2D eigenvalue weighted by Crippen LogP contribution is 2.39. The van der Waals surface area contributed by atoms with Crippen LogP contribution in [0.15, 0.2) is 60.7 Å². The van der Waals surface area contributed by atoms with Crippen molar-refractivity contribution < 1.29 is 28.5 Å². The summed E-state index contributed by atoms with van der Waals surface area (Å²) < 4.78 is 22.5. The van der Waals surface area contributed by atoms with Gasteiger partial charge in [-0.15, -0.1) is 0 Å². The van der Waals surface area contributed by atoms with Crippen LogP contribution >= 0.6 is 27.5 Å². The minimum absolute atomic E-state index is 0.0472. The molecule has 8 heteroatoms. The van der Waals surface area contributed by atoms with Crippen molar-refractivity contribution >= 4 is 39.1 Å². The van der Waals surface area contributed by atoms with E-state index in [9.17, 15) is 9.59 Å². The third-order valence-electron chi connectivity index (χ3n) is 5.92. The molecule has 0 radical (unpaired) electrons. The van der Waals surface area contributed by atoms with Gasteiger partial charge in [-0.1, -0.05) is 65.1 Å². The number of hydrogen-bond acceptors (Lipinski definition) is 6. The Kier molecular flexibility index (Phi) is 10.8. The van der Waals surface area contributed by atoms with Crippen molar-refractivity contribution in [1.29, 1.82) is 0 Å². The Labute approximate surface area is 231 Å². The first kappa shape index (κ1) is 28.5. The predicted molar refractivity (Wildman–Crippen MR) is 148 cm³/mol. The van der Waals surface area contributed by atoms with E-state index >= 15 is 0 Å². The van der Waals surface area contributed by atoms with Gasteiger partial charge in [-0.2, -0.15) is 0 Å². The minimum Gasteiger partial charge on any atom is -0.497 e. The lowest BCUT2D eigenvalue weighted by molar-refractivity contribution is -0.115. The Bertz CT molecular complexity index is 1190. The van der Waals surface area contributed by atoms with Crippen molar-refractivity contribution in [2.45, 2.75) is 33.0 Å². The Morgan fingerprint density at radius 1 is 0.838 bits per heavy atom. The van der Waals surface area contributed by atoms with Crippen molar-refractivity contribution in [3.63, 3.8) is 0 Å². The maximum Gasteiger partial charge on any atom is 0.230 e. The van der Waals surface area contributed by atoms with Crippen LogP contribution in [-0.4, -0.2) is 31.1 Å². The fourth-order valence-electron chi connectivity index (χ4n) is 3.54. The fourth-order valence-corrected chi connectivity index (χ4v) is 4.52. The Morgan fingerprint density at radius 2 is 1.38 bits per heavy atom. The molecule has 0 fully saturated rings. The summed E-state index contributed by atoms with van der Waals surface area (Å²) >= 11 is 10.1. The van der Waals surface area contributed by atoms with Crippen LogP contribution in [0.5, 0.6) is 23.0 Å². The lowest BCUT2D eigenvalue weighted by Gasteiger charge is -2.17. The van der Waals surface area contributed by atoms with Gasteiger partial charge in [0.1, 0.15) is 24.7 Å². The van der Waals surface area contributed by atoms with Gasteiger partial charge >= 0.3 is 0 Å². The first-order chi connectivity index (χ1) is 17.9. The second-order valence-corrected chi connectivity index (χ2v) is 9.44. The average molecular weight is 590 g/mol. The van der Waals surface area contributed by atoms with Crippen LogP contribution in [0, 0.1) is 5.92 Å². The maximum atomic E-state index is 13.0. The van der Waals surface area contributed by atoms with Crippen molar-refractivity contribution in [3.8, 4) is 23.0 Å². The fraction of sp³-hybridized carbons (Fsp3) is 0.310. The molecule has 0 N–H and O–H groups in total. The summed E-state index contributed by atoms with van der Waals surface area (Å²) in [4.78, 5) is 25.7. The number of halogens is 2. The highest BCUT2D eigenvalue weighted by atomic mass is 79.9. The molecule has 0 aromatic heterocycles. The van der Waals surface area contributed by atoms with Crippen LogP contribution in [-0.2, 0) is 18.0 Å². The molecule has 0 aliphatic rings. The number of ketones is 2. The van der Waals surface area contributed by atoms with Gasteiger partial charge in [0.15, 0.2) is 11.5 Å². The molecule has 0 unspecified atom stereocenters. The Morgan fingerprint density at radius 3 is 1.86 bits per heavy atom. The van der Waals surface area contributed by atoms with E-state index in [4.69, 9.17) is 30.5 Å². The third-order valence-corrected chi connectivity index (χ3v) is 7.22. The molecule has 1 atom stereocenters. The van der Waals surface area contributed by atoms with E-state index in [2.05, 4.69) is 15.9 Å². The molecule has 0 heterocycles. The van der Waals surface area contributed by atoms with E-state index in [0.29, 0.717) is 11.1 Å². The van der Waals surface area contributed by atoms with Gasteiger partial charge in [-0.3, -0.25) is 9.59 Å². The van der Waals surface area contributed by atoms with Crippen LogP contribution in [0.2, 0.25) is 5.02 Å². The molecule has 0 saturated heterocycles. The first-order valence-corrected chi connectivity index (χ1v) is 13.4. The number of methoxy groups -OCH3 is 2. The molecule has 0 amide bonds. The number of hydrogen-bond donors (Lipinski definition) is 0. The molecular weight excluding hydrogens is 560 g/mol. The van der Waals surface area contributed by atoms with E-state index in [1.54, 1.807) is 20.3 Å². The van der Waals surface area contributed by atoms with Crippen molar-refractivity contribution in [2.75, 3.05) is 19.5 Å². The van der Waals surface area contributed by atoms with Gasteiger partial charge in [0, 0.05) is 17.3 Å². The summed E-state index contributed by atoms with van der Waals surface area (Å²) in [6.07, 6.45) is 0.932. The van der Waals surface area contributed by atoms with Crippen LogP contribution < -0.4 is 18.9 Å². The summed E-state index contributed by atoms with van der Waals surface area (Å²) in [5.74, 6) is 0.996. The lowest BCUT2D eigenvalue weighted by Crippen LogP contribution is -2.19. The molecule has 3 rings (SSSR count). The topological polar surface area (TPSA) is 71.1 Å². The molecule has 0 aliphatic carbocycles. The van der Waals surface area contributed by atoms with Gasteiger partial charge in [0.2, 0.25) is 11.6 Å². The number of alkyl halides is 1. The highest BCUT2D eigenvalue weighted by molar-refractivity contribution is 9.09. The number of Topliss-reactive ketones (excluding diaryl/α,β-unsaturated/α-hetero) is 2. The molecule has 0 aliphatic heterocycles. The van der Waals surface area contributed by atoms with Gasteiger partial charge < -0.3 is 18.9 Å². The van der Waals surface area contributed by atoms with Gasteiger partial charge in [-0.25, -0.2) is 0 Å². The summed E-state index contributed by atoms with van der Waals surface area (Å²) in [5, 5.41) is 0.691. The van der Waals surface area contributed by atoms with Crippen LogP contribution in [0.25, 0.3) is 0 Å². The van der Waals surface area contributed by atoms with Gasteiger partial charge in [-0.05, 0) is 53.4 Å². The molecule has 6 nitrogen and oxygen atoms in total. The minimum atomic E-state index is -0.639. The van der Waals surface area contributed by atoms with Gasteiger partial charge in [0.05, 0.1) is 19.2 Å². The zero-order chi connectivity index (χ0) is 26.8. The van der Waals surface area contributed by atoms with Crippen LogP contribution in [0.3, 0.4) is 0 Å².